The molecule has 0 aliphatic carbocycles. The summed E-state index contributed by atoms with van der Waals surface area (Å²) in [6, 6.07) is 7.28. The van der Waals surface area contributed by atoms with Crippen molar-refractivity contribution in [2.45, 2.75) is 25.9 Å². The molecule has 2 rings (SSSR count). The average molecular weight is 268 g/mol. The molecule has 3 nitrogen and oxygen atoms in total. The van der Waals surface area contributed by atoms with Crippen molar-refractivity contribution in [3.8, 4) is 0 Å². The minimum Gasteiger partial charge on any atom is -0.386 e. The maximum absolute atomic E-state index is 12.0. The normalized spacial score (nSPS) is 17.7. The van der Waals surface area contributed by atoms with Gasteiger partial charge in [0.05, 0.1) is 19.5 Å². The van der Waals surface area contributed by atoms with Crippen LogP contribution in [-0.4, -0.2) is 34.6 Å². The number of carbonyl (C=O) groups is 1. The van der Waals surface area contributed by atoms with Crippen LogP contribution < -0.4 is 0 Å². The summed E-state index contributed by atoms with van der Waals surface area (Å²) in [6.45, 7) is 4.83. The van der Waals surface area contributed by atoms with E-state index in [1.54, 1.807) is 17.0 Å². The van der Waals surface area contributed by atoms with E-state index in [0.29, 0.717) is 24.5 Å². The van der Waals surface area contributed by atoms with Crippen LogP contribution in [0.1, 0.15) is 19.4 Å². The molecule has 1 aromatic rings. The van der Waals surface area contributed by atoms with E-state index in [0.717, 1.165) is 5.56 Å². The summed E-state index contributed by atoms with van der Waals surface area (Å²) in [5.41, 5.74) is 0.250. The van der Waals surface area contributed by atoms with Gasteiger partial charge in [0, 0.05) is 5.02 Å². The predicted molar refractivity (Wildman–Crippen MR) is 71.5 cm³/mol. The van der Waals surface area contributed by atoms with E-state index in [1.807, 2.05) is 26.0 Å². The summed E-state index contributed by atoms with van der Waals surface area (Å²) in [6.07, 6.45) is 0.366. The van der Waals surface area contributed by atoms with Gasteiger partial charge in [0.15, 0.2) is 0 Å². The highest BCUT2D eigenvalue weighted by molar-refractivity contribution is 6.30. The quantitative estimate of drug-likeness (QED) is 0.911. The molecule has 1 aliphatic heterocycles. The van der Waals surface area contributed by atoms with Crippen LogP contribution in [0.2, 0.25) is 5.02 Å². The molecule has 4 heteroatoms. The molecule has 0 saturated carbocycles. The Labute approximate surface area is 112 Å². The molecule has 1 aromatic carbocycles. The highest BCUT2D eigenvalue weighted by Crippen LogP contribution is 2.29. The smallest absolute Gasteiger partial charge is 0.227 e. The highest BCUT2D eigenvalue weighted by Gasteiger charge is 2.45. The number of hydrogen-bond acceptors (Lipinski definition) is 2. The van der Waals surface area contributed by atoms with E-state index in [-0.39, 0.29) is 11.8 Å². The van der Waals surface area contributed by atoms with E-state index in [1.165, 1.54) is 0 Å². The summed E-state index contributed by atoms with van der Waals surface area (Å²) in [5.74, 6) is 0.236. The summed E-state index contributed by atoms with van der Waals surface area (Å²) in [5, 5.41) is 10.8. The van der Waals surface area contributed by atoms with Crippen LogP contribution in [0.3, 0.4) is 0 Å². The molecule has 1 aliphatic rings. The van der Waals surface area contributed by atoms with Gasteiger partial charge >= 0.3 is 0 Å². The van der Waals surface area contributed by atoms with Crippen molar-refractivity contribution >= 4 is 17.5 Å². The molecule has 1 heterocycles. The molecule has 1 amide bonds. The molecule has 0 radical (unpaired) electrons. The maximum Gasteiger partial charge on any atom is 0.227 e. The fourth-order valence-electron chi connectivity index (χ4n) is 2.04. The third-order valence-corrected chi connectivity index (χ3v) is 3.88. The molecule has 1 saturated heterocycles. The molecular weight excluding hydrogens is 250 g/mol. The van der Waals surface area contributed by atoms with E-state index in [9.17, 15) is 9.90 Å². The summed E-state index contributed by atoms with van der Waals surface area (Å²) in [7, 11) is 0. The first kappa shape index (κ1) is 13.4. The first-order valence-electron chi connectivity index (χ1n) is 6.15. The number of hydrogen-bond donors (Lipinski definition) is 1. The second-order valence-corrected chi connectivity index (χ2v) is 5.75. The van der Waals surface area contributed by atoms with Gasteiger partial charge in [-0.25, -0.2) is 0 Å². The Kier molecular flexibility index (Phi) is 3.64. The van der Waals surface area contributed by atoms with E-state index < -0.39 is 5.60 Å². The third-order valence-electron chi connectivity index (χ3n) is 3.63. The fraction of sp³-hybridized carbons (Fsp3) is 0.500. The molecule has 0 spiro atoms. The van der Waals surface area contributed by atoms with Crippen LogP contribution in [0, 0.1) is 5.92 Å². The topological polar surface area (TPSA) is 40.5 Å². The first-order chi connectivity index (χ1) is 8.40. The SMILES string of the molecule is CC(C)C1(O)CN(C(=O)Cc2ccc(Cl)cc2)C1. The van der Waals surface area contributed by atoms with Crippen LogP contribution in [0.5, 0.6) is 0 Å². The van der Waals surface area contributed by atoms with Gasteiger partial charge in [-0.15, -0.1) is 0 Å². The fourth-order valence-corrected chi connectivity index (χ4v) is 2.17. The lowest BCUT2D eigenvalue weighted by Gasteiger charge is -2.49. The molecule has 18 heavy (non-hydrogen) atoms. The van der Waals surface area contributed by atoms with Crippen molar-refractivity contribution in [2.24, 2.45) is 5.92 Å². The van der Waals surface area contributed by atoms with E-state index in [2.05, 4.69) is 0 Å². The van der Waals surface area contributed by atoms with Crippen LogP contribution in [0.25, 0.3) is 0 Å². The number of rotatable bonds is 3. The van der Waals surface area contributed by atoms with Gasteiger partial charge in [-0.05, 0) is 23.6 Å². The highest BCUT2D eigenvalue weighted by atomic mass is 35.5. The Morgan fingerprint density at radius 3 is 2.44 bits per heavy atom. The average Bonchev–Trinajstić information content (AvgIpc) is 2.27. The summed E-state index contributed by atoms with van der Waals surface area (Å²) >= 11 is 5.79. The number of benzene rings is 1. The van der Waals surface area contributed by atoms with Crippen molar-refractivity contribution in [3.05, 3.63) is 34.9 Å². The zero-order valence-corrected chi connectivity index (χ0v) is 11.4. The van der Waals surface area contributed by atoms with Crippen molar-refractivity contribution in [2.75, 3.05) is 13.1 Å². The standard InChI is InChI=1S/C14H18ClNO2/c1-10(2)14(18)8-16(9-14)13(17)7-11-3-5-12(15)6-4-11/h3-6,10,18H,7-9H2,1-2H3. The van der Waals surface area contributed by atoms with Crippen molar-refractivity contribution in [3.63, 3.8) is 0 Å². The first-order valence-corrected chi connectivity index (χ1v) is 6.53. The lowest BCUT2D eigenvalue weighted by Crippen LogP contribution is -2.66. The van der Waals surface area contributed by atoms with E-state index in [4.69, 9.17) is 11.6 Å². The van der Waals surface area contributed by atoms with Gasteiger partial charge in [-0.1, -0.05) is 37.6 Å². The summed E-state index contributed by atoms with van der Waals surface area (Å²) in [4.78, 5) is 13.7. The zero-order chi connectivity index (χ0) is 13.3. The van der Waals surface area contributed by atoms with Gasteiger partial charge in [-0.3, -0.25) is 4.79 Å². The Morgan fingerprint density at radius 2 is 1.94 bits per heavy atom. The second-order valence-electron chi connectivity index (χ2n) is 5.31. The molecule has 1 N–H and O–H groups in total. The molecule has 0 aromatic heterocycles. The molecule has 0 unspecified atom stereocenters. The largest absolute Gasteiger partial charge is 0.386 e. The maximum atomic E-state index is 12.0. The van der Waals surface area contributed by atoms with Crippen molar-refractivity contribution < 1.29 is 9.90 Å². The lowest BCUT2D eigenvalue weighted by molar-refractivity contribution is -0.163. The number of carbonyl (C=O) groups excluding carboxylic acids is 1. The molecule has 0 atom stereocenters. The predicted octanol–water partition coefficient (Wildman–Crippen LogP) is 2.11. The lowest BCUT2D eigenvalue weighted by atomic mass is 9.83. The Balaban J connectivity index is 1.89. The number of aliphatic hydroxyl groups is 1. The number of likely N-dealkylation sites (tertiary alicyclic amines) is 1. The molecule has 98 valence electrons. The zero-order valence-electron chi connectivity index (χ0n) is 10.7. The minimum absolute atomic E-state index is 0.0580. The molecular formula is C14H18ClNO2. The van der Waals surface area contributed by atoms with E-state index >= 15 is 0 Å². The third kappa shape index (κ3) is 2.68. The van der Waals surface area contributed by atoms with Gasteiger partial charge in [0.25, 0.3) is 0 Å². The van der Waals surface area contributed by atoms with Gasteiger partial charge < -0.3 is 10.0 Å². The number of nitrogens with zero attached hydrogens (tertiary/aromatic N) is 1. The van der Waals surface area contributed by atoms with Crippen molar-refractivity contribution in [1.29, 1.82) is 0 Å². The monoisotopic (exact) mass is 267 g/mol. The number of amides is 1. The number of halogens is 1. The van der Waals surface area contributed by atoms with Gasteiger partial charge in [0.1, 0.15) is 5.60 Å². The Hall–Kier alpha value is -1.06. The Morgan fingerprint density at radius 1 is 1.39 bits per heavy atom. The summed E-state index contributed by atoms with van der Waals surface area (Å²) < 4.78 is 0. The van der Waals surface area contributed by atoms with Gasteiger partial charge in [0.2, 0.25) is 5.91 Å². The second kappa shape index (κ2) is 4.90. The van der Waals surface area contributed by atoms with Crippen molar-refractivity contribution in [1.82, 2.24) is 4.90 Å². The molecule has 0 bridgehead atoms. The number of β-amino-alcohol motifs (C(OH)–C–C–N with tert-alkyl or cyclic N) is 1. The van der Waals surface area contributed by atoms with Crippen LogP contribution in [0.15, 0.2) is 24.3 Å². The van der Waals surface area contributed by atoms with Crippen LogP contribution >= 0.6 is 11.6 Å². The Bertz CT molecular complexity index is 436. The van der Waals surface area contributed by atoms with Gasteiger partial charge in [-0.2, -0.15) is 0 Å². The molecule has 1 fully saturated rings. The van der Waals surface area contributed by atoms with Crippen LogP contribution in [0.4, 0.5) is 0 Å². The minimum atomic E-state index is -0.699. The van der Waals surface area contributed by atoms with Crippen LogP contribution in [-0.2, 0) is 11.2 Å².